The highest BCUT2D eigenvalue weighted by atomic mass is 15.1. The monoisotopic (exact) mass is 215 g/mol. The van der Waals surface area contributed by atoms with Crippen molar-refractivity contribution in [1.29, 1.82) is 0 Å². The number of aromatic nitrogens is 2. The molecule has 0 aliphatic carbocycles. The molecule has 2 rings (SSSR count). The van der Waals surface area contributed by atoms with E-state index in [1.807, 2.05) is 30.3 Å². The molecule has 1 aromatic carbocycles. The van der Waals surface area contributed by atoms with Gasteiger partial charge in [-0.3, -0.25) is 0 Å². The molecule has 0 spiro atoms. The number of hydrogen-bond acceptors (Lipinski definition) is 5. The fourth-order valence-corrected chi connectivity index (χ4v) is 1.34. The van der Waals surface area contributed by atoms with Crippen LogP contribution < -0.4 is 16.8 Å². The van der Waals surface area contributed by atoms with E-state index in [9.17, 15) is 0 Å². The predicted octanol–water partition coefficient (Wildman–Crippen LogP) is 1.25. The first-order valence-electron chi connectivity index (χ1n) is 4.91. The number of benzene rings is 1. The summed E-state index contributed by atoms with van der Waals surface area (Å²) in [6, 6.07) is 10.0. The lowest BCUT2D eigenvalue weighted by Gasteiger charge is -2.08. The fourth-order valence-electron chi connectivity index (χ4n) is 1.34. The van der Waals surface area contributed by atoms with Crippen molar-refractivity contribution in [3.05, 3.63) is 42.1 Å². The Kier molecular flexibility index (Phi) is 2.86. The van der Waals surface area contributed by atoms with Gasteiger partial charge in [-0.05, 0) is 5.56 Å². The molecule has 0 unspecified atom stereocenters. The maximum atomic E-state index is 5.69. The van der Waals surface area contributed by atoms with Gasteiger partial charge >= 0.3 is 0 Å². The Morgan fingerprint density at radius 3 is 2.56 bits per heavy atom. The number of nitrogen functional groups attached to an aromatic ring is 2. The summed E-state index contributed by atoms with van der Waals surface area (Å²) < 4.78 is 0. The summed E-state index contributed by atoms with van der Waals surface area (Å²) in [5.74, 6) is 0.547. The van der Waals surface area contributed by atoms with Gasteiger partial charge in [0.15, 0.2) is 5.82 Å². The van der Waals surface area contributed by atoms with E-state index in [1.165, 1.54) is 5.56 Å². The van der Waals surface area contributed by atoms with Crippen molar-refractivity contribution in [2.45, 2.75) is 6.54 Å². The van der Waals surface area contributed by atoms with Crippen molar-refractivity contribution in [1.82, 2.24) is 9.97 Å². The molecule has 0 amide bonds. The number of rotatable bonds is 3. The molecule has 5 N–H and O–H groups in total. The summed E-state index contributed by atoms with van der Waals surface area (Å²) in [5, 5.41) is 3.15. The summed E-state index contributed by atoms with van der Waals surface area (Å²) in [4.78, 5) is 7.74. The standard InChI is InChI=1S/C11H13N5/c12-10-9(7-15-11(13)16-10)14-6-8-4-2-1-3-5-8/h1-5,7,14H,6H2,(H4,12,13,15,16). The van der Waals surface area contributed by atoms with Crippen LogP contribution in [0.4, 0.5) is 17.5 Å². The van der Waals surface area contributed by atoms with Crippen molar-refractivity contribution in [3.8, 4) is 0 Å². The molecule has 16 heavy (non-hydrogen) atoms. The fraction of sp³-hybridized carbons (Fsp3) is 0.0909. The van der Waals surface area contributed by atoms with Crippen LogP contribution in [-0.2, 0) is 6.54 Å². The highest BCUT2D eigenvalue weighted by Crippen LogP contribution is 2.15. The van der Waals surface area contributed by atoms with E-state index in [1.54, 1.807) is 6.20 Å². The maximum Gasteiger partial charge on any atom is 0.222 e. The van der Waals surface area contributed by atoms with E-state index in [0.29, 0.717) is 18.1 Å². The second-order valence-corrected chi connectivity index (χ2v) is 3.37. The summed E-state index contributed by atoms with van der Waals surface area (Å²) in [6.45, 7) is 0.679. The van der Waals surface area contributed by atoms with Gasteiger partial charge in [-0.25, -0.2) is 4.98 Å². The van der Waals surface area contributed by atoms with Crippen LogP contribution in [0.5, 0.6) is 0 Å². The van der Waals surface area contributed by atoms with Crippen LogP contribution in [0.3, 0.4) is 0 Å². The summed E-state index contributed by atoms with van der Waals surface area (Å²) >= 11 is 0. The smallest absolute Gasteiger partial charge is 0.222 e. The third-order valence-electron chi connectivity index (χ3n) is 2.16. The van der Waals surface area contributed by atoms with Gasteiger partial charge in [0.2, 0.25) is 5.95 Å². The van der Waals surface area contributed by atoms with Gasteiger partial charge in [0, 0.05) is 6.54 Å². The SMILES string of the molecule is Nc1ncc(NCc2ccccc2)c(N)n1. The molecule has 2 aromatic rings. The number of hydrogen-bond donors (Lipinski definition) is 3. The minimum absolute atomic E-state index is 0.183. The first kappa shape index (κ1) is 10.2. The van der Waals surface area contributed by atoms with Gasteiger partial charge in [-0.2, -0.15) is 4.98 Å². The van der Waals surface area contributed by atoms with Crippen molar-refractivity contribution in [2.24, 2.45) is 0 Å². The lowest BCUT2D eigenvalue weighted by molar-refractivity contribution is 1.11. The van der Waals surface area contributed by atoms with E-state index in [-0.39, 0.29) is 5.95 Å². The molecule has 0 fully saturated rings. The molecule has 0 atom stereocenters. The number of nitrogens with zero attached hydrogens (tertiary/aromatic N) is 2. The van der Waals surface area contributed by atoms with E-state index in [0.717, 1.165) is 0 Å². The Morgan fingerprint density at radius 2 is 1.88 bits per heavy atom. The maximum absolute atomic E-state index is 5.69. The van der Waals surface area contributed by atoms with Crippen LogP contribution in [-0.4, -0.2) is 9.97 Å². The average Bonchev–Trinajstić information content (AvgIpc) is 2.29. The van der Waals surface area contributed by atoms with Gasteiger partial charge in [0.1, 0.15) is 0 Å². The quantitative estimate of drug-likeness (QED) is 0.717. The Balaban J connectivity index is 2.05. The van der Waals surface area contributed by atoms with E-state index >= 15 is 0 Å². The largest absolute Gasteiger partial charge is 0.382 e. The van der Waals surface area contributed by atoms with Crippen LogP contribution in [0.2, 0.25) is 0 Å². The van der Waals surface area contributed by atoms with Crippen molar-refractivity contribution in [2.75, 3.05) is 16.8 Å². The second kappa shape index (κ2) is 4.48. The summed E-state index contributed by atoms with van der Waals surface area (Å²) in [7, 11) is 0. The highest BCUT2D eigenvalue weighted by molar-refractivity contribution is 5.61. The molecule has 5 heteroatoms. The zero-order valence-electron chi connectivity index (χ0n) is 8.72. The topological polar surface area (TPSA) is 89.8 Å². The van der Waals surface area contributed by atoms with Crippen LogP contribution in [0, 0.1) is 0 Å². The predicted molar refractivity (Wildman–Crippen MR) is 64.6 cm³/mol. The third-order valence-corrected chi connectivity index (χ3v) is 2.16. The van der Waals surface area contributed by atoms with Gasteiger partial charge < -0.3 is 16.8 Å². The Hall–Kier alpha value is -2.30. The van der Waals surface area contributed by atoms with Gasteiger partial charge in [0.25, 0.3) is 0 Å². The first-order chi connectivity index (χ1) is 7.75. The minimum atomic E-state index is 0.183. The van der Waals surface area contributed by atoms with Crippen LogP contribution in [0.25, 0.3) is 0 Å². The zero-order chi connectivity index (χ0) is 11.4. The van der Waals surface area contributed by atoms with E-state index in [2.05, 4.69) is 15.3 Å². The lowest BCUT2D eigenvalue weighted by atomic mass is 10.2. The highest BCUT2D eigenvalue weighted by Gasteiger charge is 2.01. The van der Waals surface area contributed by atoms with Crippen LogP contribution >= 0.6 is 0 Å². The summed E-state index contributed by atoms with van der Waals surface area (Å²) in [6.07, 6.45) is 1.58. The lowest BCUT2D eigenvalue weighted by Crippen LogP contribution is -2.06. The molecule has 0 saturated carbocycles. The second-order valence-electron chi connectivity index (χ2n) is 3.37. The third kappa shape index (κ3) is 2.38. The zero-order valence-corrected chi connectivity index (χ0v) is 8.72. The Bertz CT molecular complexity index is 469. The van der Waals surface area contributed by atoms with Crippen molar-refractivity contribution >= 4 is 17.5 Å². The van der Waals surface area contributed by atoms with Crippen LogP contribution in [0.15, 0.2) is 36.5 Å². The molecule has 0 bridgehead atoms. The molecular formula is C11H13N5. The molecule has 1 heterocycles. The van der Waals surface area contributed by atoms with Gasteiger partial charge in [0.05, 0.1) is 11.9 Å². The molecular weight excluding hydrogens is 202 g/mol. The first-order valence-corrected chi connectivity index (χ1v) is 4.91. The van der Waals surface area contributed by atoms with Crippen molar-refractivity contribution in [3.63, 3.8) is 0 Å². The average molecular weight is 215 g/mol. The molecule has 0 saturated heterocycles. The van der Waals surface area contributed by atoms with Crippen molar-refractivity contribution < 1.29 is 0 Å². The van der Waals surface area contributed by atoms with Gasteiger partial charge in [-0.1, -0.05) is 30.3 Å². The minimum Gasteiger partial charge on any atom is -0.382 e. The van der Waals surface area contributed by atoms with Gasteiger partial charge in [-0.15, -0.1) is 0 Å². The Labute approximate surface area is 93.5 Å². The van der Waals surface area contributed by atoms with E-state index < -0.39 is 0 Å². The molecule has 0 radical (unpaired) electrons. The van der Waals surface area contributed by atoms with E-state index in [4.69, 9.17) is 11.5 Å². The molecule has 5 nitrogen and oxygen atoms in total. The summed E-state index contributed by atoms with van der Waals surface area (Å²) in [5.41, 5.74) is 13.0. The molecule has 82 valence electrons. The number of nitrogens with one attached hydrogen (secondary N) is 1. The number of nitrogens with two attached hydrogens (primary N) is 2. The number of anilines is 3. The normalized spacial score (nSPS) is 10.0. The van der Waals surface area contributed by atoms with Crippen LogP contribution in [0.1, 0.15) is 5.56 Å². The molecule has 0 aliphatic rings. The molecule has 1 aromatic heterocycles. The molecule has 0 aliphatic heterocycles. The Morgan fingerprint density at radius 1 is 1.12 bits per heavy atom.